The molecule has 3 aromatic rings. The standard InChI is InChI=1S/C30H29F5O2/c1-3-5-16-37-26-14-12-21(27(32)30(26)35)19-8-6-18(7-9-19)20-10-11-22(24(31)17-20)23-13-15-25(36-4-2)29(34)28(23)33/h8,10-15,17-18H,3-7,9,16H2,1-2H3. The molecule has 4 rings (SSSR count). The van der Waals surface area contributed by atoms with Gasteiger partial charge in [-0.05, 0) is 80.0 Å². The molecule has 1 aliphatic rings. The third kappa shape index (κ3) is 5.65. The van der Waals surface area contributed by atoms with Gasteiger partial charge in [0.25, 0.3) is 0 Å². The number of ether oxygens (including phenoxy) is 2. The Morgan fingerprint density at radius 3 is 2.03 bits per heavy atom. The van der Waals surface area contributed by atoms with E-state index in [0.717, 1.165) is 12.8 Å². The lowest BCUT2D eigenvalue weighted by Gasteiger charge is -2.23. The quantitative estimate of drug-likeness (QED) is 0.209. The SMILES string of the molecule is CCCCOc1ccc(C2=CCC(c3ccc(-c4ccc(OCC)c(F)c4F)c(F)c3)CC2)c(F)c1F. The van der Waals surface area contributed by atoms with Gasteiger partial charge in [0.2, 0.25) is 11.6 Å². The van der Waals surface area contributed by atoms with Crippen LogP contribution in [0.15, 0.2) is 48.5 Å². The molecule has 0 bridgehead atoms. The zero-order chi connectivity index (χ0) is 26.5. The summed E-state index contributed by atoms with van der Waals surface area (Å²) in [6.45, 7) is 4.14. The van der Waals surface area contributed by atoms with Crippen molar-refractivity contribution in [2.75, 3.05) is 13.2 Å². The van der Waals surface area contributed by atoms with E-state index < -0.39 is 29.1 Å². The van der Waals surface area contributed by atoms with Crippen LogP contribution in [0.2, 0.25) is 0 Å². The molecule has 0 saturated carbocycles. The number of hydrogen-bond acceptors (Lipinski definition) is 2. The number of halogens is 5. The second kappa shape index (κ2) is 11.8. The topological polar surface area (TPSA) is 18.5 Å². The van der Waals surface area contributed by atoms with Gasteiger partial charge in [-0.1, -0.05) is 31.6 Å². The second-order valence-corrected chi connectivity index (χ2v) is 9.05. The monoisotopic (exact) mass is 516 g/mol. The van der Waals surface area contributed by atoms with E-state index in [1.54, 1.807) is 13.0 Å². The van der Waals surface area contributed by atoms with Crippen molar-refractivity contribution >= 4 is 5.57 Å². The lowest BCUT2D eigenvalue weighted by atomic mass is 9.82. The first-order valence-electron chi connectivity index (χ1n) is 12.6. The second-order valence-electron chi connectivity index (χ2n) is 9.05. The van der Waals surface area contributed by atoms with Crippen LogP contribution in [0.3, 0.4) is 0 Å². The van der Waals surface area contributed by atoms with Crippen LogP contribution in [0.5, 0.6) is 11.5 Å². The summed E-state index contributed by atoms with van der Waals surface area (Å²) < 4.78 is 83.5. The molecule has 1 atom stereocenters. The highest BCUT2D eigenvalue weighted by atomic mass is 19.2. The summed E-state index contributed by atoms with van der Waals surface area (Å²) in [4.78, 5) is 0. The van der Waals surface area contributed by atoms with Gasteiger partial charge in [0.05, 0.1) is 13.2 Å². The number of allylic oxidation sites excluding steroid dienone is 2. The summed E-state index contributed by atoms with van der Waals surface area (Å²) in [6.07, 6.45) is 5.08. The van der Waals surface area contributed by atoms with Crippen molar-refractivity contribution in [2.24, 2.45) is 0 Å². The van der Waals surface area contributed by atoms with Gasteiger partial charge in [-0.15, -0.1) is 0 Å². The highest BCUT2D eigenvalue weighted by molar-refractivity contribution is 5.69. The molecule has 1 unspecified atom stereocenters. The van der Waals surface area contributed by atoms with E-state index >= 15 is 4.39 Å². The molecule has 0 fully saturated rings. The molecule has 0 radical (unpaired) electrons. The predicted octanol–water partition coefficient (Wildman–Crippen LogP) is 8.98. The lowest BCUT2D eigenvalue weighted by Crippen LogP contribution is -2.07. The van der Waals surface area contributed by atoms with Crippen molar-refractivity contribution in [3.63, 3.8) is 0 Å². The van der Waals surface area contributed by atoms with Crippen molar-refractivity contribution in [2.45, 2.75) is 51.9 Å². The number of unbranched alkanes of at least 4 members (excludes halogenated alkanes) is 1. The Morgan fingerprint density at radius 1 is 0.757 bits per heavy atom. The summed E-state index contributed by atoms with van der Waals surface area (Å²) in [6, 6.07) is 10.0. The van der Waals surface area contributed by atoms with Crippen LogP contribution >= 0.6 is 0 Å². The Morgan fingerprint density at radius 2 is 1.41 bits per heavy atom. The van der Waals surface area contributed by atoms with Crippen LogP contribution in [0.4, 0.5) is 22.0 Å². The summed E-state index contributed by atoms with van der Waals surface area (Å²) in [5.74, 6) is -5.27. The normalized spacial score (nSPS) is 15.4. The molecule has 0 N–H and O–H groups in total. The summed E-state index contributed by atoms with van der Waals surface area (Å²) in [5, 5.41) is 0. The first-order chi connectivity index (χ1) is 17.8. The van der Waals surface area contributed by atoms with Crippen molar-refractivity contribution < 1.29 is 31.4 Å². The molecule has 2 nitrogen and oxygen atoms in total. The fraction of sp³-hybridized carbons (Fsp3) is 0.333. The minimum atomic E-state index is -1.17. The maximum Gasteiger partial charge on any atom is 0.201 e. The lowest BCUT2D eigenvalue weighted by molar-refractivity contribution is 0.288. The van der Waals surface area contributed by atoms with Crippen LogP contribution in [0, 0.1) is 29.1 Å². The maximum atomic E-state index is 15.0. The molecule has 196 valence electrons. The van der Waals surface area contributed by atoms with Crippen molar-refractivity contribution in [1.82, 2.24) is 0 Å². The van der Waals surface area contributed by atoms with E-state index in [1.165, 1.54) is 36.4 Å². The van der Waals surface area contributed by atoms with E-state index in [-0.39, 0.29) is 40.7 Å². The Labute approximate surface area is 213 Å². The molecule has 7 heteroatoms. The zero-order valence-corrected chi connectivity index (χ0v) is 20.9. The number of hydrogen-bond donors (Lipinski definition) is 0. The van der Waals surface area contributed by atoms with Crippen molar-refractivity contribution in [1.29, 1.82) is 0 Å². The van der Waals surface area contributed by atoms with Gasteiger partial charge >= 0.3 is 0 Å². The van der Waals surface area contributed by atoms with E-state index in [4.69, 9.17) is 9.47 Å². The largest absolute Gasteiger partial charge is 0.491 e. The van der Waals surface area contributed by atoms with Crippen LogP contribution < -0.4 is 9.47 Å². The first-order valence-corrected chi connectivity index (χ1v) is 12.6. The highest BCUT2D eigenvalue weighted by Crippen LogP contribution is 2.39. The van der Waals surface area contributed by atoms with Gasteiger partial charge in [-0.3, -0.25) is 0 Å². The third-order valence-corrected chi connectivity index (χ3v) is 6.66. The fourth-order valence-corrected chi connectivity index (χ4v) is 4.61. The van der Waals surface area contributed by atoms with Crippen molar-refractivity contribution in [3.05, 3.63) is 88.8 Å². The Bertz CT molecular complexity index is 1300. The van der Waals surface area contributed by atoms with E-state index in [9.17, 15) is 17.6 Å². The highest BCUT2D eigenvalue weighted by Gasteiger charge is 2.24. The molecule has 1 aliphatic carbocycles. The maximum absolute atomic E-state index is 15.0. The van der Waals surface area contributed by atoms with Gasteiger partial charge in [-0.25, -0.2) is 13.2 Å². The van der Waals surface area contributed by atoms with E-state index in [2.05, 4.69) is 0 Å². The Balaban J connectivity index is 1.50. The van der Waals surface area contributed by atoms with E-state index in [0.29, 0.717) is 37.0 Å². The van der Waals surface area contributed by atoms with Crippen molar-refractivity contribution in [3.8, 4) is 22.6 Å². The number of rotatable bonds is 9. The molecule has 0 spiro atoms. The molecule has 3 aromatic carbocycles. The third-order valence-electron chi connectivity index (χ3n) is 6.66. The zero-order valence-electron chi connectivity index (χ0n) is 20.9. The van der Waals surface area contributed by atoms with Gasteiger partial charge in [-0.2, -0.15) is 8.78 Å². The summed E-state index contributed by atoms with van der Waals surface area (Å²) in [5.41, 5.74) is 1.37. The molecular formula is C30H29F5O2. The Hall–Kier alpha value is -3.35. The average Bonchev–Trinajstić information content (AvgIpc) is 2.90. The first kappa shape index (κ1) is 26.7. The van der Waals surface area contributed by atoms with Crippen LogP contribution in [0.1, 0.15) is 63.0 Å². The summed E-state index contributed by atoms with van der Waals surface area (Å²) >= 11 is 0. The van der Waals surface area contributed by atoms with Gasteiger partial charge in [0.1, 0.15) is 5.82 Å². The molecular weight excluding hydrogens is 487 g/mol. The van der Waals surface area contributed by atoms with Crippen LogP contribution in [0.25, 0.3) is 16.7 Å². The van der Waals surface area contributed by atoms with Crippen LogP contribution in [-0.4, -0.2) is 13.2 Å². The molecule has 0 heterocycles. The van der Waals surface area contributed by atoms with Gasteiger partial charge in [0, 0.05) is 16.7 Å². The fourth-order valence-electron chi connectivity index (χ4n) is 4.61. The smallest absolute Gasteiger partial charge is 0.201 e. The van der Waals surface area contributed by atoms with Crippen LogP contribution in [-0.2, 0) is 0 Å². The van der Waals surface area contributed by atoms with Gasteiger partial charge < -0.3 is 9.47 Å². The molecule has 0 aromatic heterocycles. The molecule has 0 aliphatic heterocycles. The van der Waals surface area contributed by atoms with Gasteiger partial charge in [0.15, 0.2) is 23.1 Å². The molecule has 0 saturated heterocycles. The van der Waals surface area contributed by atoms with E-state index in [1.807, 2.05) is 13.0 Å². The molecule has 0 amide bonds. The minimum absolute atomic E-state index is 0.0428. The number of benzene rings is 3. The molecule has 37 heavy (non-hydrogen) atoms. The predicted molar refractivity (Wildman–Crippen MR) is 134 cm³/mol. The average molecular weight is 517 g/mol. The Kier molecular flexibility index (Phi) is 8.52. The minimum Gasteiger partial charge on any atom is -0.491 e. The summed E-state index contributed by atoms with van der Waals surface area (Å²) in [7, 11) is 0.